The lowest BCUT2D eigenvalue weighted by Crippen LogP contribution is -2.49. The van der Waals surface area contributed by atoms with Crippen LogP contribution in [-0.2, 0) is 12.1 Å². The number of aromatic nitrogens is 1. The van der Waals surface area contributed by atoms with E-state index in [2.05, 4.69) is 40.3 Å². The van der Waals surface area contributed by atoms with Crippen LogP contribution in [0.2, 0.25) is 10.0 Å². The molecule has 0 spiro atoms. The average molecular weight is 401 g/mol. The first-order chi connectivity index (χ1) is 13.0. The normalized spacial score (nSPS) is 28.1. The molecule has 2 aliphatic heterocycles. The number of aliphatic hydroxyl groups is 1. The van der Waals surface area contributed by atoms with Crippen LogP contribution in [0.4, 0.5) is 0 Å². The molecule has 2 N–H and O–H groups in total. The van der Waals surface area contributed by atoms with E-state index in [4.69, 9.17) is 23.2 Å². The Morgan fingerprint density at radius 2 is 1.78 bits per heavy atom. The first-order valence-electron chi connectivity index (χ1n) is 9.52. The predicted octanol–water partition coefficient (Wildman–Crippen LogP) is 5.49. The van der Waals surface area contributed by atoms with Gasteiger partial charge in [0, 0.05) is 35.7 Å². The monoisotopic (exact) mass is 400 g/mol. The van der Waals surface area contributed by atoms with E-state index in [1.807, 2.05) is 12.1 Å². The summed E-state index contributed by atoms with van der Waals surface area (Å²) in [6, 6.07) is 14.8. The number of hydrogen-bond acceptors (Lipinski definition) is 2. The minimum Gasteiger partial charge on any atom is -0.385 e. The van der Waals surface area contributed by atoms with Gasteiger partial charge in [0.15, 0.2) is 0 Å². The number of nitrogens with one attached hydrogen (secondary N) is 1. The fourth-order valence-electron chi connectivity index (χ4n) is 5.05. The van der Waals surface area contributed by atoms with Crippen molar-refractivity contribution in [2.24, 2.45) is 0 Å². The van der Waals surface area contributed by atoms with E-state index in [-0.39, 0.29) is 0 Å². The summed E-state index contributed by atoms with van der Waals surface area (Å²) in [5, 5.41) is 13.8. The molecule has 3 heterocycles. The zero-order valence-corrected chi connectivity index (χ0v) is 16.5. The highest BCUT2D eigenvalue weighted by atomic mass is 35.5. The van der Waals surface area contributed by atoms with Crippen LogP contribution in [-0.4, -0.2) is 27.1 Å². The van der Waals surface area contributed by atoms with E-state index < -0.39 is 5.60 Å². The molecule has 27 heavy (non-hydrogen) atoms. The maximum Gasteiger partial charge on any atom is 0.0926 e. The van der Waals surface area contributed by atoms with Crippen LogP contribution in [0.1, 0.15) is 36.8 Å². The molecule has 3 atom stereocenters. The van der Waals surface area contributed by atoms with Gasteiger partial charge < -0.3 is 10.1 Å². The molecule has 140 valence electrons. The van der Waals surface area contributed by atoms with Crippen LogP contribution < -0.4 is 0 Å². The van der Waals surface area contributed by atoms with Gasteiger partial charge in [-0.1, -0.05) is 47.5 Å². The number of aromatic amines is 1. The number of H-pyrrole nitrogens is 1. The van der Waals surface area contributed by atoms with Crippen molar-refractivity contribution in [3.63, 3.8) is 0 Å². The third kappa shape index (κ3) is 2.98. The lowest BCUT2D eigenvalue weighted by Gasteiger charge is -2.44. The first-order valence-corrected chi connectivity index (χ1v) is 10.3. The second-order valence-corrected chi connectivity index (χ2v) is 8.80. The molecule has 0 amide bonds. The summed E-state index contributed by atoms with van der Waals surface area (Å²) in [7, 11) is 0. The van der Waals surface area contributed by atoms with Crippen molar-refractivity contribution in [1.82, 2.24) is 9.88 Å². The Morgan fingerprint density at radius 3 is 2.52 bits per heavy atom. The predicted molar refractivity (Wildman–Crippen MR) is 110 cm³/mol. The van der Waals surface area contributed by atoms with Crippen LogP contribution in [0.25, 0.3) is 10.9 Å². The van der Waals surface area contributed by atoms with Gasteiger partial charge in [0.1, 0.15) is 0 Å². The molecule has 2 saturated heterocycles. The number of halogens is 2. The molecule has 2 bridgehead atoms. The molecule has 0 aliphatic carbocycles. The number of nitrogens with zero attached hydrogens (tertiary/aromatic N) is 1. The smallest absolute Gasteiger partial charge is 0.0926 e. The van der Waals surface area contributed by atoms with Crippen molar-refractivity contribution >= 4 is 34.1 Å². The molecule has 1 unspecified atom stereocenters. The van der Waals surface area contributed by atoms with Crippen molar-refractivity contribution in [2.75, 3.05) is 0 Å². The minimum atomic E-state index is -0.823. The minimum absolute atomic E-state index is 0.386. The van der Waals surface area contributed by atoms with Gasteiger partial charge in [-0.2, -0.15) is 0 Å². The number of hydrogen-bond donors (Lipinski definition) is 2. The molecule has 3 aromatic rings. The fraction of sp³-hybridized carbons (Fsp3) is 0.364. The first kappa shape index (κ1) is 17.6. The Bertz CT molecular complexity index is 985. The van der Waals surface area contributed by atoms with Gasteiger partial charge in [-0.3, -0.25) is 4.90 Å². The molecule has 1 aromatic heterocycles. The zero-order valence-electron chi connectivity index (χ0n) is 15.0. The van der Waals surface area contributed by atoms with Crippen LogP contribution >= 0.6 is 23.2 Å². The van der Waals surface area contributed by atoms with Gasteiger partial charge in [-0.25, -0.2) is 0 Å². The number of fused-ring (bicyclic) bond motifs is 3. The summed E-state index contributed by atoms with van der Waals surface area (Å²) in [6.07, 6.45) is 5.88. The highest BCUT2D eigenvalue weighted by Gasteiger charge is 2.48. The third-order valence-electron chi connectivity index (χ3n) is 6.40. The third-order valence-corrected chi connectivity index (χ3v) is 7.14. The van der Waals surface area contributed by atoms with Gasteiger partial charge in [0.05, 0.1) is 15.6 Å². The summed E-state index contributed by atoms with van der Waals surface area (Å²) in [6.45, 7) is 0.927. The van der Waals surface area contributed by atoms with Crippen molar-refractivity contribution < 1.29 is 5.11 Å². The second-order valence-electron chi connectivity index (χ2n) is 7.99. The van der Waals surface area contributed by atoms with Gasteiger partial charge in [0.25, 0.3) is 0 Å². The standard InChI is InChI=1S/C22H22Cl2N2O/c23-19-8-5-15(9-20(19)24)22(27)10-16-6-7-17(11-22)26(16)13-14-12-25-21-4-2-1-3-18(14)21/h1-5,8-9,12,16-17,25,27H,6-7,10-11,13H2/t16-,17+,22?. The van der Waals surface area contributed by atoms with Crippen LogP contribution in [0, 0.1) is 0 Å². The van der Waals surface area contributed by atoms with E-state index in [1.165, 1.54) is 16.5 Å². The number of rotatable bonds is 3. The Kier molecular flexibility index (Phi) is 4.25. The molecule has 0 saturated carbocycles. The number of para-hydroxylation sites is 1. The van der Waals surface area contributed by atoms with E-state index in [1.54, 1.807) is 6.07 Å². The Hall–Kier alpha value is -1.52. The summed E-state index contributed by atoms with van der Waals surface area (Å²) in [5.41, 5.74) is 2.59. The van der Waals surface area contributed by atoms with Gasteiger partial charge in [-0.05, 0) is 55.0 Å². The molecule has 0 radical (unpaired) electrons. The second kappa shape index (κ2) is 6.52. The summed E-state index contributed by atoms with van der Waals surface area (Å²) < 4.78 is 0. The van der Waals surface area contributed by atoms with Crippen LogP contribution in [0.15, 0.2) is 48.7 Å². The van der Waals surface area contributed by atoms with Gasteiger partial charge in [0.2, 0.25) is 0 Å². The molecule has 5 rings (SSSR count). The highest BCUT2D eigenvalue weighted by molar-refractivity contribution is 6.42. The number of benzene rings is 2. The summed E-state index contributed by atoms with van der Waals surface area (Å²) in [5.74, 6) is 0. The molecular formula is C22H22Cl2N2O. The maximum atomic E-state index is 11.4. The van der Waals surface area contributed by atoms with E-state index in [9.17, 15) is 5.11 Å². The van der Waals surface area contributed by atoms with Gasteiger partial charge >= 0.3 is 0 Å². The molecule has 5 heteroatoms. The zero-order chi connectivity index (χ0) is 18.6. The van der Waals surface area contributed by atoms with Crippen molar-refractivity contribution in [1.29, 1.82) is 0 Å². The lowest BCUT2D eigenvalue weighted by atomic mass is 9.80. The highest BCUT2D eigenvalue weighted by Crippen LogP contribution is 2.47. The topological polar surface area (TPSA) is 39.3 Å². The lowest BCUT2D eigenvalue weighted by molar-refractivity contribution is -0.0593. The summed E-state index contributed by atoms with van der Waals surface area (Å²) in [4.78, 5) is 5.96. The average Bonchev–Trinajstić information content (AvgIpc) is 3.17. The Morgan fingerprint density at radius 1 is 1.04 bits per heavy atom. The molecule has 2 aromatic carbocycles. The number of piperidine rings is 1. The van der Waals surface area contributed by atoms with Gasteiger partial charge in [-0.15, -0.1) is 0 Å². The fourth-order valence-corrected chi connectivity index (χ4v) is 5.35. The van der Waals surface area contributed by atoms with Crippen molar-refractivity contribution in [3.05, 3.63) is 69.8 Å². The molecular weight excluding hydrogens is 379 g/mol. The Balaban J connectivity index is 1.40. The van der Waals surface area contributed by atoms with E-state index in [0.29, 0.717) is 22.1 Å². The quantitative estimate of drug-likeness (QED) is 0.609. The molecule has 3 nitrogen and oxygen atoms in total. The van der Waals surface area contributed by atoms with E-state index in [0.717, 1.165) is 37.8 Å². The largest absolute Gasteiger partial charge is 0.385 e. The van der Waals surface area contributed by atoms with Crippen molar-refractivity contribution in [2.45, 2.75) is 49.9 Å². The molecule has 2 aliphatic rings. The van der Waals surface area contributed by atoms with E-state index >= 15 is 0 Å². The summed E-state index contributed by atoms with van der Waals surface area (Å²) >= 11 is 12.3. The molecule has 2 fully saturated rings. The van der Waals surface area contributed by atoms with Crippen LogP contribution in [0.3, 0.4) is 0 Å². The van der Waals surface area contributed by atoms with Crippen molar-refractivity contribution in [3.8, 4) is 0 Å². The SMILES string of the molecule is OC1(c2ccc(Cl)c(Cl)c2)C[C@H]2CC[C@@H](C1)N2Cc1c[nH]c2ccccc12. The Labute approximate surface area is 168 Å². The van der Waals surface area contributed by atoms with Crippen LogP contribution in [0.5, 0.6) is 0 Å². The maximum absolute atomic E-state index is 11.4.